The molecule has 0 aromatic heterocycles. The van der Waals surface area contributed by atoms with Crippen molar-refractivity contribution in [3.63, 3.8) is 0 Å². The van der Waals surface area contributed by atoms with Crippen LogP contribution in [0.15, 0.2) is 0 Å². The molecule has 0 saturated heterocycles. The van der Waals surface area contributed by atoms with Crippen molar-refractivity contribution in [3.05, 3.63) is 0 Å². The molecule has 0 aliphatic heterocycles. The third kappa shape index (κ3) is 7.55. The first-order valence-corrected chi connectivity index (χ1v) is 7.31. The average Bonchev–Trinajstić information content (AvgIpc) is 2.39. The first-order valence-electron chi connectivity index (χ1n) is 5.92. The molecule has 8 heteroatoms. The minimum atomic E-state index is -1.08. The molecular formula is C11H21N3O4S. The monoisotopic (exact) mass is 291 g/mol. The smallest absolute Gasteiger partial charge is 0.326 e. The quantitative estimate of drug-likeness (QED) is 0.583. The summed E-state index contributed by atoms with van der Waals surface area (Å²) >= 11 is 1.50. The molecule has 0 fully saturated rings. The van der Waals surface area contributed by atoms with Gasteiger partial charge in [0.05, 0.1) is 6.54 Å². The molecule has 0 aliphatic carbocycles. The Balaban J connectivity index is 4.13. The van der Waals surface area contributed by atoms with Gasteiger partial charge in [-0.1, -0.05) is 0 Å². The van der Waals surface area contributed by atoms with Gasteiger partial charge in [0.25, 0.3) is 0 Å². The highest BCUT2D eigenvalue weighted by Gasteiger charge is 2.19. The maximum atomic E-state index is 11.5. The van der Waals surface area contributed by atoms with Crippen molar-refractivity contribution < 1.29 is 19.5 Å². The third-order valence-corrected chi connectivity index (χ3v) is 3.16. The fraction of sp³-hybridized carbons (Fsp3) is 0.727. The summed E-state index contributed by atoms with van der Waals surface area (Å²) < 4.78 is 0. The Bertz CT molecular complexity index is 325. The highest BCUT2D eigenvalue weighted by atomic mass is 32.2. The van der Waals surface area contributed by atoms with Gasteiger partial charge in [0.2, 0.25) is 5.91 Å². The molecule has 3 N–H and O–H groups in total. The number of carbonyl (C=O) groups is 3. The van der Waals surface area contributed by atoms with Gasteiger partial charge in [-0.05, 0) is 25.4 Å². The Morgan fingerprint density at radius 3 is 2.47 bits per heavy atom. The summed E-state index contributed by atoms with van der Waals surface area (Å²) in [5.74, 6) is -0.677. The molecule has 0 spiro atoms. The number of hydrogen-bond donors (Lipinski definition) is 3. The average molecular weight is 291 g/mol. The zero-order chi connectivity index (χ0) is 14.8. The van der Waals surface area contributed by atoms with Gasteiger partial charge in [-0.2, -0.15) is 11.8 Å². The Kier molecular flexibility index (Phi) is 8.77. The zero-order valence-electron chi connectivity index (χ0n) is 11.4. The lowest BCUT2D eigenvalue weighted by Gasteiger charge is -2.17. The van der Waals surface area contributed by atoms with Crippen LogP contribution in [0.3, 0.4) is 0 Å². The normalized spacial score (nSPS) is 11.5. The first-order chi connectivity index (χ1) is 8.92. The molecule has 110 valence electrons. The number of carbonyl (C=O) groups excluding carboxylic acids is 2. The summed E-state index contributed by atoms with van der Waals surface area (Å²) in [7, 11) is 1.63. The fourth-order valence-corrected chi connectivity index (χ4v) is 1.64. The largest absolute Gasteiger partial charge is 0.480 e. The molecule has 0 aliphatic rings. The number of thioether (sulfide) groups is 1. The fourth-order valence-electron chi connectivity index (χ4n) is 1.17. The van der Waals surface area contributed by atoms with E-state index >= 15 is 0 Å². The van der Waals surface area contributed by atoms with Gasteiger partial charge >= 0.3 is 12.0 Å². The Morgan fingerprint density at radius 1 is 1.37 bits per heavy atom. The number of nitrogens with one attached hydrogen (secondary N) is 2. The zero-order valence-corrected chi connectivity index (χ0v) is 12.2. The number of carboxylic acid groups (broad SMARTS) is 1. The standard InChI is InChI=1S/C11H21N3O4S/c1-4-14(2)9(15)7-12-11(18)13-8(10(16)17)5-6-19-3/h8H,4-7H2,1-3H3,(H,16,17)(H2,12,13,18)/t8-/m1/s1. The van der Waals surface area contributed by atoms with Gasteiger partial charge in [0, 0.05) is 13.6 Å². The second kappa shape index (κ2) is 9.48. The van der Waals surface area contributed by atoms with E-state index in [0.717, 1.165) is 0 Å². The van der Waals surface area contributed by atoms with Crippen molar-refractivity contribution in [2.75, 3.05) is 32.1 Å². The number of aliphatic carboxylic acids is 1. The number of urea groups is 1. The lowest BCUT2D eigenvalue weighted by Crippen LogP contribution is -2.48. The van der Waals surface area contributed by atoms with Crippen LogP contribution in [0.25, 0.3) is 0 Å². The highest BCUT2D eigenvalue weighted by Crippen LogP contribution is 2.00. The minimum absolute atomic E-state index is 0.148. The number of hydrogen-bond acceptors (Lipinski definition) is 4. The molecule has 0 radical (unpaired) electrons. The van der Waals surface area contributed by atoms with E-state index in [1.54, 1.807) is 7.05 Å². The van der Waals surface area contributed by atoms with Crippen LogP contribution in [-0.2, 0) is 9.59 Å². The van der Waals surface area contributed by atoms with E-state index in [1.165, 1.54) is 16.7 Å². The molecule has 7 nitrogen and oxygen atoms in total. The van der Waals surface area contributed by atoms with E-state index in [0.29, 0.717) is 18.7 Å². The van der Waals surface area contributed by atoms with Crippen LogP contribution < -0.4 is 10.6 Å². The van der Waals surface area contributed by atoms with Gasteiger partial charge in [-0.15, -0.1) is 0 Å². The summed E-state index contributed by atoms with van der Waals surface area (Å²) in [4.78, 5) is 35.3. The van der Waals surface area contributed by atoms with Crippen LogP contribution >= 0.6 is 11.8 Å². The van der Waals surface area contributed by atoms with E-state index in [1.807, 2.05) is 13.2 Å². The number of nitrogens with zero attached hydrogens (tertiary/aromatic N) is 1. The molecule has 0 unspecified atom stereocenters. The molecule has 1 atom stereocenters. The van der Waals surface area contributed by atoms with Gasteiger partial charge < -0.3 is 20.6 Å². The van der Waals surface area contributed by atoms with E-state index in [-0.39, 0.29) is 12.5 Å². The van der Waals surface area contributed by atoms with Crippen molar-refractivity contribution >= 4 is 29.7 Å². The summed E-state index contributed by atoms with van der Waals surface area (Å²) in [6.45, 7) is 2.22. The minimum Gasteiger partial charge on any atom is -0.480 e. The predicted molar refractivity (Wildman–Crippen MR) is 74.3 cm³/mol. The number of rotatable bonds is 8. The second-order valence-corrected chi connectivity index (χ2v) is 4.89. The maximum absolute atomic E-state index is 11.5. The van der Waals surface area contributed by atoms with E-state index < -0.39 is 18.0 Å². The summed E-state index contributed by atoms with van der Waals surface area (Å²) in [5, 5.41) is 13.6. The van der Waals surface area contributed by atoms with Crippen molar-refractivity contribution in [1.29, 1.82) is 0 Å². The summed E-state index contributed by atoms with van der Waals surface area (Å²) in [5.41, 5.74) is 0. The third-order valence-electron chi connectivity index (χ3n) is 2.51. The van der Waals surface area contributed by atoms with Gasteiger partial charge in [0.1, 0.15) is 6.04 Å². The highest BCUT2D eigenvalue weighted by molar-refractivity contribution is 7.98. The summed E-state index contributed by atoms with van der Waals surface area (Å²) in [6, 6.07) is -1.59. The van der Waals surface area contributed by atoms with Gasteiger partial charge in [0.15, 0.2) is 0 Å². The number of amides is 3. The maximum Gasteiger partial charge on any atom is 0.326 e. The molecule has 3 amide bonds. The van der Waals surface area contributed by atoms with Crippen LogP contribution in [0.5, 0.6) is 0 Å². The van der Waals surface area contributed by atoms with Crippen molar-refractivity contribution in [2.24, 2.45) is 0 Å². The molecular weight excluding hydrogens is 270 g/mol. The van der Waals surface area contributed by atoms with Crippen molar-refractivity contribution in [1.82, 2.24) is 15.5 Å². The molecule has 0 rings (SSSR count). The molecule has 0 heterocycles. The molecule has 19 heavy (non-hydrogen) atoms. The van der Waals surface area contributed by atoms with Crippen molar-refractivity contribution in [2.45, 2.75) is 19.4 Å². The van der Waals surface area contributed by atoms with Gasteiger partial charge in [-0.3, -0.25) is 4.79 Å². The molecule has 0 aromatic carbocycles. The summed E-state index contributed by atoms with van der Waals surface area (Å²) in [6.07, 6.45) is 2.20. The number of carboxylic acids is 1. The topological polar surface area (TPSA) is 98.7 Å². The van der Waals surface area contributed by atoms with Crippen LogP contribution in [0.4, 0.5) is 4.79 Å². The first kappa shape index (κ1) is 17.6. The van der Waals surface area contributed by atoms with E-state index in [2.05, 4.69) is 10.6 Å². The van der Waals surface area contributed by atoms with Crippen LogP contribution in [0.1, 0.15) is 13.3 Å². The Labute approximate surface area is 117 Å². The SMILES string of the molecule is CCN(C)C(=O)CNC(=O)N[C@H](CCSC)C(=O)O. The lowest BCUT2D eigenvalue weighted by molar-refractivity contribution is -0.139. The number of likely N-dealkylation sites (N-methyl/N-ethyl adjacent to an activating group) is 1. The Morgan fingerprint density at radius 2 is 2.00 bits per heavy atom. The molecule has 0 saturated carbocycles. The van der Waals surface area contributed by atoms with E-state index in [9.17, 15) is 14.4 Å². The predicted octanol–water partition coefficient (Wildman–Crippen LogP) is -0.0298. The van der Waals surface area contributed by atoms with Gasteiger partial charge in [-0.25, -0.2) is 9.59 Å². The van der Waals surface area contributed by atoms with E-state index in [4.69, 9.17) is 5.11 Å². The molecule has 0 bridgehead atoms. The lowest BCUT2D eigenvalue weighted by atomic mass is 10.2. The molecule has 0 aromatic rings. The second-order valence-electron chi connectivity index (χ2n) is 3.91. The van der Waals surface area contributed by atoms with Crippen LogP contribution in [0, 0.1) is 0 Å². The van der Waals surface area contributed by atoms with Crippen molar-refractivity contribution in [3.8, 4) is 0 Å². The Hall–Kier alpha value is -1.44. The van der Waals surface area contributed by atoms with Crippen LogP contribution in [-0.4, -0.2) is 66.1 Å². The van der Waals surface area contributed by atoms with Crippen LogP contribution in [0.2, 0.25) is 0 Å².